The van der Waals surface area contributed by atoms with Gasteiger partial charge < -0.3 is 14.7 Å². The Balaban J connectivity index is 1.99. The molecule has 8 heteroatoms. The number of hydrogen-bond acceptors (Lipinski definition) is 5. The van der Waals surface area contributed by atoms with Gasteiger partial charge in [0.2, 0.25) is 0 Å². The third-order valence-corrected chi connectivity index (χ3v) is 3.12. The maximum absolute atomic E-state index is 12.3. The van der Waals surface area contributed by atoms with E-state index in [9.17, 15) is 9.59 Å². The first kappa shape index (κ1) is 14.4. The minimum atomic E-state index is -1.02. The van der Waals surface area contributed by atoms with E-state index in [0.717, 1.165) is 17.5 Å². The summed E-state index contributed by atoms with van der Waals surface area (Å²) in [7, 11) is 0. The van der Waals surface area contributed by atoms with Crippen molar-refractivity contribution in [3.05, 3.63) is 11.9 Å². The second kappa shape index (κ2) is 6.47. The number of aromatic nitrogens is 3. The number of carboxylic acids is 1. The summed E-state index contributed by atoms with van der Waals surface area (Å²) in [4.78, 5) is 24.5. The average molecular weight is 282 g/mol. The van der Waals surface area contributed by atoms with Gasteiger partial charge in [0, 0.05) is 19.7 Å². The number of carbonyl (C=O) groups is 2. The fraction of sp³-hybridized carbons (Fsp3) is 0.667. The average Bonchev–Trinajstić information content (AvgIpc) is 2.86. The number of rotatable bonds is 5. The molecule has 0 radical (unpaired) electrons. The third-order valence-electron chi connectivity index (χ3n) is 3.12. The molecular weight excluding hydrogens is 264 g/mol. The van der Waals surface area contributed by atoms with Crippen molar-refractivity contribution in [2.45, 2.75) is 32.4 Å². The summed E-state index contributed by atoms with van der Waals surface area (Å²) in [6.07, 6.45) is 3.26. The van der Waals surface area contributed by atoms with E-state index >= 15 is 0 Å². The van der Waals surface area contributed by atoms with Gasteiger partial charge >= 0.3 is 5.97 Å². The molecule has 1 amide bonds. The Hall–Kier alpha value is -1.96. The number of carbonyl (C=O) groups excluding carboxylic acids is 1. The van der Waals surface area contributed by atoms with Gasteiger partial charge in [-0.1, -0.05) is 5.21 Å². The maximum atomic E-state index is 12.3. The maximum Gasteiger partial charge on any atom is 0.325 e. The Morgan fingerprint density at radius 2 is 2.35 bits per heavy atom. The summed E-state index contributed by atoms with van der Waals surface area (Å²) in [5, 5.41) is 16.0. The monoisotopic (exact) mass is 282 g/mol. The van der Waals surface area contributed by atoms with Crippen molar-refractivity contribution >= 4 is 11.9 Å². The largest absolute Gasteiger partial charge is 0.480 e. The Kier molecular flexibility index (Phi) is 4.67. The number of amides is 1. The zero-order chi connectivity index (χ0) is 14.5. The molecule has 0 bridgehead atoms. The van der Waals surface area contributed by atoms with Crippen LogP contribution in [0, 0.1) is 0 Å². The number of likely N-dealkylation sites (tertiary alicyclic amines) is 1. The van der Waals surface area contributed by atoms with Crippen LogP contribution in [0.5, 0.6) is 0 Å². The van der Waals surface area contributed by atoms with E-state index in [0.29, 0.717) is 19.7 Å². The highest BCUT2D eigenvalue weighted by Gasteiger charge is 2.26. The third kappa shape index (κ3) is 3.53. The molecule has 1 N–H and O–H groups in total. The highest BCUT2D eigenvalue weighted by Crippen LogP contribution is 2.15. The van der Waals surface area contributed by atoms with E-state index in [1.807, 2.05) is 6.92 Å². The highest BCUT2D eigenvalue weighted by atomic mass is 16.5. The lowest BCUT2D eigenvalue weighted by atomic mass is 10.1. The van der Waals surface area contributed by atoms with Gasteiger partial charge in [0.25, 0.3) is 5.91 Å². The number of piperidine rings is 1. The molecule has 1 atom stereocenters. The molecule has 1 unspecified atom stereocenters. The van der Waals surface area contributed by atoms with Gasteiger partial charge in [-0.2, -0.15) is 0 Å². The lowest BCUT2D eigenvalue weighted by molar-refractivity contribution is -0.137. The van der Waals surface area contributed by atoms with Crippen LogP contribution < -0.4 is 0 Å². The molecule has 20 heavy (non-hydrogen) atoms. The van der Waals surface area contributed by atoms with Gasteiger partial charge in [-0.15, -0.1) is 5.10 Å². The number of carboxylic acid groups (broad SMARTS) is 1. The Labute approximate surface area is 116 Å². The van der Waals surface area contributed by atoms with Crippen LogP contribution in [0.2, 0.25) is 0 Å². The van der Waals surface area contributed by atoms with Crippen molar-refractivity contribution in [2.24, 2.45) is 0 Å². The topological polar surface area (TPSA) is 97.5 Å². The zero-order valence-electron chi connectivity index (χ0n) is 11.4. The van der Waals surface area contributed by atoms with Crippen LogP contribution in [0.15, 0.2) is 6.20 Å². The summed E-state index contributed by atoms with van der Waals surface area (Å²) >= 11 is 0. The van der Waals surface area contributed by atoms with Gasteiger partial charge in [0.1, 0.15) is 6.54 Å². The molecule has 1 saturated heterocycles. The molecule has 0 saturated carbocycles. The number of nitrogens with zero attached hydrogens (tertiary/aromatic N) is 4. The Morgan fingerprint density at radius 3 is 3.05 bits per heavy atom. The van der Waals surface area contributed by atoms with Crippen LogP contribution in [-0.2, 0) is 16.1 Å². The van der Waals surface area contributed by atoms with Crippen LogP contribution >= 0.6 is 0 Å². The number of ether oxygens (including phenoxy) is 1. The summed E-state index contributed by atoms with van der Waals surface area (Å²) in [6, 6.07) is 0. The van der Waals surface area contributed by atoms with E-state index in [1.54, 1.807) is 4.90 Å². The summed E-state index contributed by atoms with van der Waals surface area (Å²) in [5.74, 6) is -1.26. The minimum absolute atomic E-state index is 0.0618. The van der Waals surface area contributed by atoms with E-state index in [1.165, 1.54) is 6.20 Å². The van der Waals surface area contributed by atoms with E-state index in [-0.39, 0.29) is 24.2 Å². The number of aliphatic carboxylic acids is 1. The van der Waals surface area contributed by atoms with E-state index in [2.05, 4.69) is 10.3 Å². The molecule has 1 aromatic rings. The van der Waals surface area contributed by atoms with Gasteiger partial charge in [-0.3, -0.25) is 9.59 Å². The fourth-order valence-corrected chi connectivity index (χ4v) is 2.27. The highest BCUT2D eigenvalue weighted by molar-refractivity contribution is 5.92. The SMILES string of the molecule is CCOC1CCCN(C(=O)c2cn(CC(=O)O)nn2)C1. The first-order chi connectivity index (χ1) is 9.60. The van der Waals surface area contributed by atoms with Gasteiger partial charge in [0.05, 0.1) is 12.3 Å². The first-order valence-corrected chi connectivity index (χ1v) is 6.63. The number of hydrogen-bond donors (Lipinski definition) is 1. The molecule has 1 aliphatic rings. The van der Waals surface area contributed by atoms with Crippen LogP contribution in [0.1, 0.15) is 30.3 Å². The summed E-state index contributed by atoms with van der Waals surface area (Å²) in [6.45, 7) is 3.45. The smallest absolute Gasteiger partial charge is 0.325 e. The first-order valence-electron chi connectivity index (χ1n) is 6.63. The summed E-state index contributed by atoms with van der Waals surface area (Å²) < 4.78 is 6.68. The quantitative estimate of drug-likeness (QED) is 0.816. The van der Waals surface area contributed by atoms with Crippen LogP contribution in [0.3, 0.4) is 0 Å². The standard InChI is InChI=1S/C12H18N4O4/c1-2-20-9-4-3-5-15(6-9)12(19)10-7-16(14-13-10)8-11(17)18/h7,9H,2-6,8H2,1H3,(H,17,18). The Morgan fingerprint density at radius 1 is 1.55 bits per heavy atom. The second-order valence-electron chi connectivity index (χ2n) is 4.67. The molecule has 2 heterocycles. The van der Waals surface area contributed by atoms with E-state index in [4.69, 9.17) is 9.84 Å². The van der Waals surface area contributed by atoms with Gasteiger partial charge in [-0.25, -0.2) is 4.68 Å². The van der Waals surface area contributed by atoms with Crippen molar-refractivity contribution in [3.8, 4) is 0 Å². The van der Waals surface area contributed by atoms with Crippen molar-refractivity contribution < 1.29 is 19.4 Å². The lowest BCUT2D eigenvalue weighted by Crippen LogP contribution is -2.43. The Bertz CT molecular complexity index is 486. The van der Waals surface area contributed by atoms with Crippen LogP contribution in [-0.4, -0.2) is 62.7 Å². The predicted octanol–water partition coefficient (Wildman–Crippen LogP) is 0.00380. The predicted molar refractivity (Wildman–Crippen MR) is 68.2 cm³/mol. The van der Waals surface area contributed by atoms with Crippen LogP contribution in [0.25, 0.3) is 0 Å². The van der Waals surface area contributed by atoms with Crippen molar-refractivity contribution in [1.82, 2.24) is 19.9 Å². The normalized spacial score (nSPS) is 19.1. The van der Waals surface area contributed by atoms with Crippen molar-refractivity contribution in [2.75, 3.05) is 19.7 Å². The van der Waals surface area contributed by atoms with Gasteiger partial charge in [-0.05, 0) is 19.8 Å². The molecule has 0 aromatic carbocycles. The minimum Gasteiger partial charge on any atom is -0.480 e. The molecule has 0 spiro atoms. The van der Waals surface area contributed by atoms with E-state index < -0.39 is 5.97 Å². The molecule has 2 rings (SSSR count). The molecular formula is C12H18N4O4. The van der Waals surface area contributed by atoms with Gasteiger partial charge in [0.15, 0.2) is 5.69 Å². The lowest BCUT2D eigenvalue weighted by Gasteiger charge is -2.31. The molecule has 0 aliphatic carbocycles. The van der Waals surface area contributed by atoms with Crippen LogP contribution in [0.4, 0.5) is 0 Å². The fourth-order valence-electron chi connectivity index (χ4n) is 2.27. The zero-order valence-corrected chi connectivity index (χ0v) is 11.4. The molecule has 1 aliphatic heterocycles. The molecule has 1 aromatic heterocycles. The van der Waals surface area contributed by atoms with Crippen molar-refractivity contribution in [1.29, 1.82) is 0 Å². The molecule has 8 nitrogen and oxygen atoms in total. The molecule has 1 fully saturated rings. The second-order valence-corrected chi connectivity index (χ2v) is 4.67. The summed E-state index contributed by atoms with van der Waals surface area (Å²) in [5.41, 5.74) is 0.170. The molecule has 110 valence electrons. The van der Waals surface area contributed by atoms with Crippen molar-refractivity contribution in [3.63, 3.8) is 0 Å².